The molecule has 6 heteroatoms. The smallest absolute Gasteiger partial charge is 0.232 e. The van der Waals surface area contributed by atoms with E-state index in [4.69, 9.17) is 0 Å². The van der Waals surface area contributed by atoms with Gasteiger partial charge in [0.1, 0.15) is 0 Å². The average molecular weight is 404 g/mol. The maximum Gasteiger partial charge on any atom is 0.232 e. The van der Waals surface area contributed by atoms with E-state index >= 15 is 0 Å². The molecular weight excluding hydrogens is 378 g/mol. The summed E-state index contributed by atoms with van der Waals surface area (Å²) in [7, 11) is -5.19. The normalized spacial score (nSPS) is 27.0. The Labute approximate surface area is 164 Å². The summed E-state index contributed by atoms with van der Waals surface area (Å²) in [4.78, 5) is 0.575. The molecule has 27 heavy (non-hydrogen) atoms. The first-order valence-corrected chi connectivity index (χ1v) is 12.3. The zero-order valence-electron chi connectivity index (χ0n) is 15.5. The van der Waals surface area contributed by atoms with Crippen LogP contribution >= 0.6 is 0 Å². The standard InChI is InChI=1S/C21H25NO3S2/c1-16-12-14-17(15-13-16)20-21(26(23)19-10-6-3-7-11-19)27(24,25)22(20)18-8-4-2-5-9-18/h3,6-7,10-15,18,20-21H,2,4-5,8-9H2,1H3/t20-,21+,26-/m1/s1. The number of hydrogen-bond donors (Lipinski definition) is 0. The van der Waals surface area contributed by atoms with Gasteiger partial charge < -0.3 is 0 Å². The van der Waals surface area contributed by atoms with Crippen LogP contribution in [0.2, 0.25) is 0 Å². The predicted octanol–water partition coefficient (Wildman–Crippen LogP) is 4.15. The second kappa shape index (κ2) is 7.49. The average Bonchev–Trinajstić information content (AvgIpc) is 2.68. The quantitative estimate of drug-likeness (QED) is 0.771. The van der Waals surface area contributed by atoms with E-state index < -0.39 is 25.4 Å². The molecule has 2 aliphatic rings. The van der Waals surface area contributed by atoms with Gasteiger partial charge in [0.25, 0.3) is 0 Å². The van der Waals surface area contributed by atoms with Crippen LogP contribution in [0.1, 0.15) is 49.3 Å². The summed E-state index contributed by atoms with van der Waals surface area (Å²) in [5.74, 6) is 0. The van der Waals surface area contributed by atoms with Crippen LogP contribution in [0, 0.1) is 6.92 Å². The zero-order chi connectivity index (χ0) is 19.0. The number of aryl methyl sites for hydroxylation is 1. The molecule has 2 aromatic carbocycles. The molecule has 3 atom stereocenters. The molecule has 4 rings (SSSR count). The Morgan fingerprint density at radius 3 is 2.19 bits per heavy atom. The highest BCUT2D eigenvalue weighted by Gasteiger charge is 2.59. The van der Waals surface area contributed by atoms with E-state index in [2.05, 4.69) is 0 Å². The molecule has 2 fully saturated rings. The summed E-state index contributed by atoms with van der Waals surface area (Å²) >= 11 is 0. The van der Waals surface area contributed by atoms with Crippen LogP contribution in [0.15, 0.2) is 59.5 Å². The van der Waals surface area contributed by atoms with Crippen molar-refractivity contribution in [2.24, 2.45) is 0 Å². The van der Waals surface area contributed by atoms with Crippen LogP contribution in [-0.2, 0) is 20.8 Å². The fourth-order valence-corrected chi connectivity index (χ4v) is 8.91. The fourth-order valence-electron chi connectivity index (χ4n) is 4.25. The predicted molar refractivity (Wildman–Crippen MR) is 108 cm³/mol. The first-order valence-electron chi connectivity index (χ1n) is 9.55. The second-order valence-electron chi connectivity index (χ2n) is 7.50. The van der Waals surface area contributed by atoms with E-state index in [1.807, 2.05) is 37.3 Å². The third-order valence-corrected chi connectivity index (χ3v) is 10.3. The van der Waals surface area contributed by atoms with Crippen molar-refractivity contribution in [3.63, 3.8) is 0 Å². The summed E-state index contributed by atoms with van der Waals surface area (Å²) < 4.78 is 40.5. The molecule has 0 radical (unpaired) electrons. The number of rotatable bonds is 4. The van der Waals surface area contributed by atoms with Crippen LogP contribution in [-0.4, -0.2) is 27.6 Å². The highest BCUT2D eigenvalue weighted by atomic mass is 32.3. The van der Waals surface area contributed by atoms with Gasteiger partial charge in [-0.15, -0.1) is 0 Å². The van der Waals surface area contributed by atoms with Crippen LogP contribution in [0.5, 0.6) is 0 Å². The molecule has 0 N–H and O–H groups in total. The molecule has 144 valence electrons. The maximum absolute atomic E-state index is 13.2. The molecular formula is C21H25NO3S2. The summed E-state index contributed by atoms with van der Waals surface area (Å²) in [6.07, 6.45) is 5.07. The Hall–Kier alpha value is -1.50. The van der Waals surface area contributed by atoms with E-state index in [1.165, 1.54) is 6.42 Å². The van der Waals surface area contributed by atoms with Crippen molar-refractivity contribution in [3.05, 3.63) is 65.7 Å². The van der Waals surface area contributed by atoms with Gasteiger partial charge in [0.2, 0.25) is 10.0 Å². The monoisotopic (exact) mass is 403 g/mol. The van der Waals surface area contributed by atoms with Crippen molar-refractivity contribution in [3.8, 4) is 0 Å². The Bertz CT molecular complexity index is 920. The molecule has 0 unspecified atom stereocenters. The minimum atomic E-state index is -3.58. The van der Waals surface area contributed by atoms with E-state index in [-0.39, 0.29) is 12.1 Å². The fraction of sp³-hybridized carbons (Fsp3) is 0.429. The number of nitrogens with zero attached hydrogens (tertiary/aromatic N) is 1. The molecule has 0 spiro atoms. The highest BCUT2D eigenvalue weighted by molar-refractivity contribution is 8.06. The molecule has 0 amide bonds. The lowest BCUT2D eigenvalue weighted by molar-refractivity contribution is 0.175. The lowest BCUT2D eigenvalue weighted by atomic mass is 9.94. The van der Waals surface area contributed by atoms with Gasteiger partial charge in [-0.2, -0.15) is 4.31 Å². The van der Waals surface area contributed by atoms with E-state index in [0.717, 1.165) is 36.8 Å². The topological polar surface area (TPSA) is 54.5 Å². The minimum Gasteiger partial charge on any atom is -0.253 e. The Balaban J connectivity index is 1.74. The Kier molecular flexibility index (Phi) is 5.23. The number of hydrogen-bond acceptors (Lipinski definition) is 3. The Morgan fingerprint density at radius 2 is 1.56 bits per heavy atom. The van der Waals surface area contributed by atoms with Gasteiger partial charge in [0.15, 0.2) is 4.58 Å². The van der Waals surface area contributed by atoms with Gasteiger partial charge in [-0.3, -0.25) is 4.21 Å². The maximum atomic E-state index is 13.2. The molecule has 4 nitrogen and oxygen atoms in total. The molecule has 1 saturated heterocycles. The third kappa shape index (κ3) is 3.39. The van der Waals surface area contributed by atoms with Crippen LogP contribution < -0.4 is 0 Å². The van der Waals surface area contributed by atoms with E-state index in [1.54, 1.807) is 28.6 Å². The van der Waals surface area contributed by atoms with E-state index in [9.17, 15) is 12.6 Å². The van der Waals surface area contributed by atoms with Crippen LogP contribution in [0.3, 0.4) is 0 Å². The van der Waals surface area contributed by atoms with Gasteiger partial charge in [0, 0.05) is 10.9 Å². The van der Waals surface area contributed by atoms with Crippen molar-refractivity contribution in [1.82, 2.24) is 4.31 Å². The van der Waals surface area contributed by atoms with Crippen molar-refractivity contribution in [2.75, 3.05) is 0 Å². The lowest BCUT2D eigenvalue weighted by Crippen LogP contribution is -2.63. The molecule has 1 aliphatic carbocycles. The van der Waals surface area contributed by atoms with Crippen molar-refractivity contribution in [1.29, 1.82) is 0 Å². The lowest BCUT2D eigenvalue weighted by Gasteiger charge is -2.50. The molecule has 2 aromatic rings. The first kappa shape index (κ1) is 18.8. The van der Waals surface area contributed by atoms with Gasteiger partial charge >= 0.3 is 0 Å². The SMILES string of the molecule is Cc1ccc([C@@H]2[C@@H]([S@](=O)c3ccccc3)S(=O)(=O)N2C2CCCCC2)cc1. The van der Waals surface area contributed by atoms with Crippen molar-refractivity contribution >= 4 is 20.8 Å². The highest BCUT2D eigenvalue weighted by Crippen LogP contribution is 2.48. The summed E-state index contributed by atoms with van der Waals surface area (Å²) in [5.41, 5.74) is 2.07. The molecule has 1 saturated carbocycles. The molecule has 1 aliphatic heterocycles. The molecule has 0 bridgehead atoms. The van der Waals surface area contributed by atoms with Crippen molar-refractivity contribution < 1.29 is 12.6 Å². The summed E-state index contributed by atoms with van der Waals surface area (Å²) in [6.45, 7) is 2.01. The van der Waals surface area contributed by atoms with Gasteiger partial charge in [-0.25, -0.2) is 8.42 Å². The van der Waals surface area contributed by atoms with Crippen molar-refractivity contribution in [2.45, 2.75) is 60.6 Å². The molecule has 1 heterocycles. The second-order valence-corrected chi connectivity index (χ2v) is 11.3. The van der Waals surface area contributed by atoms with Gasteiger partial charge in [-0.05, 0) is 37.5 Å². The van der Waals surface area contributed by atoms with E-state index in [0.29, 0.717) is 4.90 Å². The zero-order valence-corrected chi connectivity index (χ0v) is 17.1. The summed E-state index contributed by atoms with van der Waals surface area (Å²) in [6, 6.07) is 16.6. The molecule has 0 aromatic heterocycles. The summed E-state index contributed by atoms with van der Waals surface area (Å²) in [5, 5.41) is 0. The first-order chi connectivity index (χ1) is 13.0. The minimum absolute atomic E-state index is 0.0269. The van der Waals surface area contributed by atoms with Crippen LogP contribution in [0.25, 0.3) is 0 Å². The number of benzene rings is 2. The largest absolute Gasteiger partial charge is 0.253 e. The third-order valence-electron chi connectivity index (χ3n) is 5.66. The van der Waals surface area contributed by atoms with Gasteiger partial charge in [0.05, 0.1) is 16.8 Å². The van der Waals surface area contributed by atoms with Gasteiger partial charge in [-0.1, -0.05) is 67.3 Å². The van der Waals surface area contributed by atoms with Crippen LogP contribution in [0.4, 0.5) is 0 Å². The Morgan fingerprint density at radius 1 is 0.926 bits per heavy atom. The number of sulfonamides is 1.